The van der Waals surface area contributed by atoms with Gasteiger partial charge in [0.15, 0.2) is 0 Å². The van der Waals surface area contributed by atoms with Crippen molar-refractivity contribution in [1.82, 2.24) is 0 Å². The third kappa shape index (κ3) is 4.84. The Morgan fingerprint density at radius 3 is 2.24 bits per heavy atom. The smallest absolute Gasteiger partial charge is 0.300 e. The average Bonchev–Trinajstić information content (AvgIpc) is 3.21. The molecule has 1 atom stereocenters. The molecule has 8 heteroatoms. The van der Waals surface area contributed by atoms with Crippen LogP contribution in [-0.2, 0) is 9.59 Å². The Hall–Kier alpha value is -4.77. The summed E-state index contributed by atoms with van der Waals surface area (Å²) in [6.45, 7) is 2.56. The molecular formula is C29H26N2O6. The molecule has 1 heterocycles. The van der Waals surface area contributed by atoms with Crippen molar-refractivity contribution < 1.29 is 28.9 Å². The second kappa shape index (κ2) is 10.9. The minimum absolute atomic E-state index is 0.0943. The lowest BCUT2D eigenvalue weighted by atomic mass is 9.94. The Bertz CT molecular complexity index is 1390. The van der Waals surface area contributed by atoms with Gasteiger partial charge in [0.1, 0.15) is 23.0 Å². The number of aliphatic hydroxyl groups excluding tert-OH is 1. The molecule has 1 amide bonds. The Balaban J connectivity index is 1.92. The second-order valence-corrected chi connectivity index (χ2v) is 8.31. The summed E-state index contributed by atoms with van der Waals surface area (Å²) < 4.78 is 16.4. The van der Waals surface area contributed by atoms with Gasteiger partial charge in [-0.1, -0.05) is 19.1 Å². The fourth-order valence-electron chi connectivity index (χ4n) is 4.22. The summed E-state index contributed by atoms with van der Waals surface area (Å²) in [4.78, 5) is 28.1. The first kappa shape index (κ1) is 25.3. The molecule has 1 saturated heterocycles. The van der Waals surface area contributed by atoms with Crippen LogP contribution in [0.4, 0.5) is 5.69 Å². The topological polar surface area (TPSA) is 109 Å². The first-order valence-corrected chi connectivity index (χ1v) is 11.7. The van der Waals surface area contributed by atoms with E-state index >= 15 is 0 Å². The molecule has 1 aliphatic rings. The molecule has 0 radical (unpaired) electrons. The van der Waals surface area contributed by atoms with Gasteiger partial charge < -0.3 is 19.3 Å². The third-order valence-electron chi connectivity index (χ3n) is 6.05. The first-order chi connectivity index (χ1) is 17.9. The first-order valence-electron chi connectivity index (χ1n) is 11.7. The van der Waals surface area contributed by atoms with Crippen LogP contribution in [-0.4, -0.2) is 37.6 Å². The highest BCUT2D eigenvalue weighted by molar-refractivity contribution is 6.51. The van der Waals surface area contributed by atoms with E-state index in [1.54, 1.807) is 66.7 Å². The number of hydrogen-bond acceptors (Lipinski definition) is 7. The van der Waals surface area contributed by atoms with E-state index in [2.05, 4.69) is 0 Å². The quantitative estimate of drug-likeness (QED) is 0.265. The standard InChI is InChI=1S/C29H26N2O6/c1-4-15-37-21-11-7-19(8-12-21)26-25(27(32)23-16-22(35-2)13-14-24(23)36-3)28(33)29(34)31(26)20-9-5-18(17-30)6-10-20/h5-14,16,26,32H,4,15H2,1-3H3/b27-25+. The third-order valence-corrected chi connectivity index (χ3v) is 6.05. The summed E-state index contributed by atoms with van der Waals surface area (Å²) >= 11 is 0. The molecule has 3 aromatic rings. The Morgan fingerprint density at radius 2 is 1.65 bits per heavy atom. The largest absolute Gasteiger partial charge is 0.507 e. The van der Waals surface area contributed by atoms with E-state index in [1.807, 2.05) is 13.0 Å². The number of nitriles is 1. The van der Waals surface area contributed by atoms with Crippen LogP contribution in [0.3, 0.4) is 0 Å². The van der Waals surface area contributed by atoms with Gasteiger partial charge in [0.25, 0.3) is 11.7 Å². The number of hydrogen-bond donors (Lipinski definition) is 1. The van der Waals surface area contributed by atoms with Crippen molar-refractivity contribution >= 4 is 23.1 Å². The van der Waals surface area contributed by atoms with Gasteiger partial charge in [-0.15, -0.1) is 0 Å². The number of nitrogens with zero attached hydrogens (tertiary/aromatic N) is 2. The van der Waals surface area contributed by atoms with E-state index < -0.39 is 17.7 Å². The SMILES string of the molecule is CCCOc1ccc(C2/C(=C(\O)c3cc(OC)ccc3OC)C(=O)C(=O)N2c2ccc(C#N)cc2)cc1. The highest BCUT2D eigenvalue weighted by Gasteiger charge is 2.47. The Labute approximate surface area is 214 Å². The lowest BCUT2D eigenvalue weighted by molar-refractivity contribution is -0.132. The zero-order valence-corrected chi connectivity index (χ0v) is 20.7. The molecule has 3 aromatic carbocycles. The van der Waals surface area contributed by atoms with Crippen molar-refractivity contribution in [3.8, 4) is 23.3 Å². The number of Topliss-reactive ketones (excluding diaryl/α,β-unsaturated/α-hetero) is 1. The van der Waals surface area contributed by atoms with Crippen LogP contribution < -0.4 is 19.1 Å². The van der Waals surface area contributed by atoms with Gasteiger partial charge in [-0.3, -0.25) is 14.5 Å². The van der Waals surface area contributed by atoms with E-state index in [0.717, 1.165) is 6.42 Å². The maximum Gasteiger partial charge on any atom is 0.300 e. The maximum absolute atomic E-state index is 13.4. The van der Waals surface area contributed by atoms with Crippen LogP contribution in [0.1, 0.15) is 36.1 Å². The Morgan fingerprint density at radius 1 is 0.973 bits per heavy atom. The van der Waals surface area contributed by atoms with E-state index in [1.165, 1.54) is 19.1 Å². The highest BCUT2D eigenvalue weighted by Crippen LogP contribution is 2.44. The van der Waals surface area contributed by atoms with Gasteiger partial charge in [-0.05, 0) is 66.6 Å². The fourth-order valence-corrected chi connectivity index (χ4v) is 4.22. The molecule has 0 saturated carbocycles. The normalized spacial score (nSPS) is 16.4. The number of carbonyl (C=O) groups excluding carboxylic acids is 2. The molecule has 1 aliphatic heterocycles. The number of amides is 1. The average molecular weight is 499 g/mol. The summed E-state index contributed by atoms with van der Waals surface area (Å²) in [5.41, 5.74) is 1.54. The maximum atomic E-state index is 13.4. The molecule has 1 N–H and O–H groups in total. The second-order valence-electron chi connectivity index (χ2n) is 8.31. The number of benzene rings is 3. The van der Waals surface area contributed by atoms with Gasteiger partial charge in [0, 0.05) is 5.69 Å². The number of aliphatic hydroxyl groups is 1. The molecule has 37 heavy (non-hydrogen) atoms. The number of ketones is 1. The van der Waals surface area contributed by atoms with Crippen LogP contribution in [0.2, 0.25) is 0 Å². The predicted octanol–water partition coefficient (Wildman–Crippen LogP) is 4.99. The minimum Gasteiger partial charge on any atom is -0.507 e. The van der Waals surface area contributed by atoms with Crippen LogP contribution in [0.25, 0.3) is 5.76 Å². The van der Waals surface area contributed by atoms with Gasteiger partial charge in [0.05, 0.1) is 49.6 Å². The monoisotopic (exact) mass is 498 g/mol. The molecule has 188 valence electrons. The molecular weight excluding hydrogens is 472 g/mol. The van der Waals surface area contributed by atoms with Gasteiger partial charge >= 0.3 is 0 Å². The van der Waals surface area contributed by atoms with Crippen molar-refractivity contribution in [2.75, 3.05) is 25.7 Å². The summed E-state index contributed by atoms with van der Waals surface area (Å²) in [6, 6.07) is 19.3. The number of methoxy groups -OCH3 is 2. The van der Waals surface area contributed by atoms with Crippen LogP contribution in [0, 0.1) is 11.3 Å². The molecule has 8 nitrogen and oxygen atoms in total. The lowest BCUT2D eigenvalue weighted by Crippen LogP contribution is -2.29. The molecule has 0 aliphatic carbocycles. The van der Waals surface area contributed by atoms with Crippen molar-refractivity contribution in [1.29, 1.82) is 5.26 Å². The number of rotatable bonds is 8. The molecule has 0 bridgehead atoms. The summed E-state index contributed by atoms with van der Waals surface area (Å²) in [7, 11) is 2.93. The van der Waals surface area contributed by atoms with Crippen molar-refractivity contribution in [3.63, 3.8) is 0 Å². The van der Waals surface area contributed by atoms with Gasteiger partial charge in [0.2, 0.25) is 0 Å². The minimum atomic E-state index is -0.941. The zero-order valence-electron chi connectivity index (χ0n) is 20.7. The van der Waals surface area contributed by atoms with E-state index in [4.69, 9.17) is 14.2 Å². The molecule has 1 unspecified atom stereocenters. The molecule has 0 spiro atoms. The fraction of sp³-hybridized carbons (Fsp3) is 0.207. The van der Waals surface area contributed by atoms with E-state index in [9.17, 15) is 20.0 Å². The predicted molar refractivity (Wildman–Crippen MR) is 138 cm³/mol. The van der Waals surface area contributed by atoms with E-state index in [0.29, 0.717) is 40.7 Å². The number of anilines is 1. The molecule has 1 fully saturated rings. The summed E-state index contributed by atoms with van der Waals surface area (Å²) in [5, 5.41) is 20.6. The zero-order chi connectivity index (χ0) is 26.5. The van der Waals surface area contributed by atoms with Crippen LogP contribution in [0.15, 0.2) is 72.3 Å². The van der Waals surface area contributed by atoms with E-state index in [-0.39, 0.29) is 16.9 Å². The summed E-state index contributed by atoms with van der Waals surface area (Å²) in [6.07, 6.45) is 0.850. The van der Waals surface area contributed by atoms with Crippen molar-refractivity contribution in [2.45, 2.75) is 19.4 Å². The number of ether oxygens (including phenoxy) is 3. The van der Waals surface area contributed by atoms with Crippen molar-refractivity contribution in [2.24, 2.45) is 0 Å². The molecule has 0 aromatic heterocycles. The van der Waals surface area contributed by atoms with Crippen LogP contribution >= 0.6 is 0 Å². The van der Waals surface area contributed by atoms with Gasteiger partial charge in [-0.2, -0.15) is 5.26 Å². The Kier molecular flexibility index (Phi) is 7.44. The van der Waals surface area contributed by atoms with Crippen LogP contribution in [0.5, 0.6) is 17.2 Å². The van der Waals surface area contributed by atoms with Gasteiger partial charge in [-0.25, -0.2) is 0 Å². The molecule has 4 rings (SSSR count). The highest BCUT2D eigenvalue weighted by atomic mass is 16.5. The lowest BCUT2D eigenvalue weighted by Gasteiger charge is -2.26. The number of carbonyl (C=O) groups is 2. The summed E-state index contributed by atoms with van der Waals surface area (Å²) in [5.74, 6) is -0.632. The van der Waals surface area contributed by atoms with Crippen molar-refractivity contribution in [3.05, 3.63) is 89.0 Å².